The summed E-state index contributed by atoms with van der Waals surface area (Å²) in [5, 5.41) is 19.4. The number of rotatable bonds is 2. The molecule has 0 unspecified atom stereocenters. The van der Waals surface area contributed by atoms with Crippen molar-refractivity contribution in [2.45, 2.75) is 24.4 Å². The Kier molecular flexibility index (Phi) is 2.80. The Bertz CT molecular complexity index is 761. The van der Waals surface area contributed by atoms with Crippen molar-refractivity contribution in [2.75, 3.05) is 18.9 Å². The standard InChI is InChI=1S/C11H14FN5O4/c1-10(2-18)8(20)11(12,3-21-10)17-4-14-5-6(17)15-9(13)16-7(5)19/h4,8,18,20H,2-3H2,1H3,(H3,13,15,16,19)/t8-,10-,11+/m1/s1. The summed E-state index contributed by atoms with van der Waals surface area (Å²) in [6, 6.07) is 0. The predicted octanol–water partition coefficient (Wildman–Crippen LogP) is -1.53. The molecule has 3 rings (SSSR count). The summed E-state index contributed by atoms with van der Waals surface area (Å²) < 4.78 is 21.3. The van der Waals surface area contributed by atoms with Crippen molar-refractivity contribution in [3.63, 3.8) is 0 Å². The van der Waals surface area contributed by atoms with E-state index in [2.05, 4.69) is 15.0 Å². The number of hydrogen-bond acceptors (Lipinski definition) is 7. The number of anilines is 1. The summed E-state index contributed by atoms with van der Waals surface area (Å²) in [4.78, 5) is 21.6. The quantitative estimate of drug-likeness (QED) is 0.527. The van der Waals surface area contributed by atoms with Gasteiger partial charge in [-0.05, 0) is 6.92 Å². The molecule has 0 aromatic carbocycles. The minimum atomic E-state index is -2.42. The molecule has 5 N–H and O–H groups in total. The van der Waals surface area contributed by atoms with Gasteiger partial charge in [0.05, 0.1) is 6.61 Å². The lowest BCUT2D eigenvalue weighted by molar-refractivity contribution is -0.0947. The second kappa shape index (κ2) is 4.23. The molecule has 0 spiro atoms. The van der Waals surface area contributed by atoms with E-state index in [9.17, 15) is 15.0 Å². The fourth-order valence-electron chi connectivity index (χ4n) is 2.42. The summed E-state index contributed by atoms with van der Waals surface area (Å²) >= 11 is 0. The first-order chi connectivity index (χ1) is 9.82. The van der Waals surface area contributed by atoms with Crippen LogP contribution >= 0.6 is 0 Å². The Morgan fingerprint density at radius 1 is 1.71 bits per heavy atom. The van der Waals surface area contributed by atoms with Crippen LogP contribution in [0.3, 0.4) is 0 Å². The van der Waals surface area contributed by atoms with Crippen molar-refractivity contribution < 1.29 is 19.3 Å². The number of nitrogens with two attached hydrogens (primary N) is 1. The number of halogens is 1. The van der Waals surface area contributed by atoms with E-state index in [1.54, 1.807) is 0 Å². The van der Waals surface area contributed by atoms with Gasteiger partial charge in [0.15, 0.2) is 11.2 Å². The van der Waals surface area contributed by atoms with Gasteiger partial charge in [0.25, 0.3) is 5.56 Å². The summed E-state index contributed by atoms with van der Waals surface area (Å²) in [7, 11) is 0. The molecule has 0 saturated carbocycles. The van der Waals surface area contributed by atoms with Gasteiger partial charge < -0.3 is 20.7 Å². The predicted molar refractivity (Wildman–Crippen MR) is 69.1 cm³/mol. The zero-order valence-corrected chi connectivity index (χ0v) is 11.1. The number of nitrogens with zero attached hydrogens (tertiary/aromatic N) is 3. The van der Waals surface area contributed by atoms with Gasteiger partial charge in [0, 0.05) is 0 Å². The lowest BCUT2D eigenvalue weighted by atomic mass is 9.96. The molecule has 9 nitrogen and oxygen atoms in total. The van der Waals surface area contributed by atoms with Gasteiger partial charge in [-0.1, -0.05) is 0 Å². The Morgan fingerprint density at radius 3 is 3.05 bits per heavy atom. The summed E-state index contributed by atoms with van der Waals surface area (Å²) in [5.41, 5.74) is 3.16. The van der Waals surface area contributed by atoms with Crippen LogP contribution in [0.4, 0.5) is 10.3 Å². The first-order valence-corrected chi connectivity index (χ1v) is 6.17. The smallest absolute Gasteiger partial charge is 0.280 e. The lowest BCUT2D eigenvalue weighted by Gasteiger charge is -2.29. The summed E-state index contributed by atoms with van der Waals surface area (Å²) in [5.74, 6) is -2.62. The van der Waals surface area contributed by atoms with Crippen LogP contribution in [-0.4, -0.2) is 54.7 Å². The van der Waals surface area contributed by atoms with Crippen LogP contribution < -0.4 is 11.3 Å². The third-order valence-corrected chi connectivity index (χ3v) is 3.74. The number of aromatic amines is 1. The van der Waals surface area contributed by atoms with Gasteiger partial charge in [0.1, 0.15) is 24.6 Å². The van der Waals surface area contributed by atoms with E-state index in [4.69, 9.17) is 10.5 Å². The molecule has 0 bridgehead atoms. The van der Waals surface area contributed by atoms with Crippen molar-refractivity contribution in [1.29, 1.82) is 0 Å². The molecular weight excluding hydrogens is 285 g/mol. The third-order valence-electron chi connectivity index (χ3n) is 3.74. The number of nitrogen functional groups attached to an aromatic ring is 1. The largest absolute Gasteiger partial charge is 0.393 e. The minimum Gasteiger partial charge on any atom is -0.393 e. The van der Waals surface area contributed by atoms with Gasteiger partial charge in [-0.2, -0.15) is 4.98 Å². The van der Waals surface area contributed by atoms with Crippen LogP contribution in [0.25, 0.3) is 11.2 Å². The topological polar surface area (TPSA) is 139 Å². The number of alkyl halides is 1. The molecule has 10 heteroatoms. The fourth-order valence-corrected chi connectivity index (χ4v) is 2.42. The van der Waals surface area contributed by atoms with Crippen LogP contribution in [0.5, 0.6) is 0 Å². The zero-order valence-electron chi connectivity index (χ0n) is 11.1. The van der Waals surface area contributed by atoms with Crippen LogP contribution in [-0.2, 0) is 10.5 Å². The molecule has 21 heavy (non-hydrogen) atoms. The molecule has 1 aliphatic heterocycles. The van der Waals surface area contributed by atoms with E-state index in [-0.39, 0.29) is 17.1 Å². The normalized spacial score (nSPS) is 32.9. The Labute approximate surface area is 117 Å². The third kappa shape index (κ3) is 1.76. The van der Waals surface area contributed by atoms with Crippen molar-refractivity contribution in [2.24, 2.45) is 0 Å². The van der Waals surface area contributed by atoms with Crippen molar-refractivity contribution >= 4 is 17.1 Å². The van der Waals surface area contributed by atoms with Crippen LogP contribution in [0.1, 0.15) is 6.92 Å². The molecule has 1 aliphatic rings. The second-order valence-electron chi connectivity index (χ2n) is 5.22. The maximum absolute atomic E-state index is 15.2. The number of ether oxygens (including phenoxy) is 1. The van der Waals surface area contributed by atoms with Gasteiger partial charge in [-0.15, -0.1) is 0 Å². The molecule has 3 heterocycles. The van der Waals surface area contributed by atoms with E-state index in [1.807, 2.05) is 0 Å². The van der Waals surface area contributed by atoms with Gasteiger partial charge in [-0.25, -0.2) is 9.37 Å². The van der Waals surface area contributed by atoms with Gasteiger partial charge >= 0.3 is 0 Å². The number of aromatic nitrogens is 4. The fraction of sp³-hybridized carbons (Fsp3) is 0.545. The average molecular weight is 299 g/mol. The second-order valence-corrected chi connectivity index (χ2v) is 5.22. The molecule has 1 fully saturated rings. The molecule has 2 aromatic heterocycles. The monoisotopic (exact) mass is 299 g/mol. The number of nitrogens with one attached hydrogen (secondary N) is 1. The number of aliphatic hydroxyl groups excluding tert-OH is 2. The highest BCUT2D eigenvalue weighted by Crippen LogP contribution is 2.40. The molecule has 2 aromatic rings. The van der Waals surface area contributed by atoms with Gasteiger partial charge in [-0.3, -0.25) is 14.3 Å². The lowest BCUT2D eigenvalue weighted by Crippen LogP contribution is -2.49. The number of hydrogen-bond donors (Lipinski definition) is 4. The number of imidazole rings is 1. The molecule has 0 radical (unpaired) electrons. The SMILES string of the molecule is C[C@]1(CO)OC[C@](F)(n2cnc3c(=O)[nH]c(N)nc32)[C@@H]1O. The van der Waals surface area contributed by atoms with E-state index < -0.39 is 36.3 Å². The zero-order chi connectivity index (χ0) is 15.4. The maximum Gasteiger partial charge on any atom is 0.280 e. The minimum absolute atomic E-state index is 0.106. The molecule has 0 aliphatic carbocycles. The van der Waals surface area contributed by atoms with Crippen molar-refractivity contribution in [3.05, 3.63) is 16.7 Å². The number of H-pyrrole nitrogens is 1. The van der Waals surface area contributed by atoms with Crippen LogP contribution in [0.2, 0.25) is 0 Å². The van der Waals surface area contributed by atoms with Crippen LogP contribution in [0, 0.1) is 0 Å². The Morgan fingerprint density at radius 2 is 2.43 bits per heavy atom. The van der Waals surface area contributed by atoms with E-state index in [0.29, 0.717) is 0 Å². The Balaban J connectivity index is 2.19. The first-order valence-electron chi connectivity index (χ1n) is 6.17. The summed E-state index contributed by atoms with van der Waals surface area (Å²) in [6.45, 7) is 0.292. The molecule has 0 amide bonds. The first kappa shape index (κ1) is 13.9. The van der Waals surface area contributed by atoms with Crippen LogP contribution in [0.15, 0.2) is 11.1 Å². The van der Waals surface area contributed by atoms with Crippen molar-refractivity contribution in [1.82, 2.24) is 19.5 Å². The average Bonchev–Trinajstić information content (AvgIpc) is 2.96. The maximum atomic E-state index is 15.2. The van der Waals surface area contributed by atoms with E-state index in [0.717, 1.165) is 10.9 Å². The highest BCUT2D eigenvalue weighted by molar-refractivity contribution is 5.70. The molecular formula is C11H14FN5O4. The highest BCUT2D eigenvalue weighted by Gasteiger charge is 2.58. The summed E-state index contributed by atoms with van der Waals surface area (Å²) in [6.07, 6.45) is -0.628. The molecule has 3 atom stereocenters. The Hall–Kier alpha value is -2.04. The van der Waals surface area contributed by atoms with Crippen molar-refractivity contribution in [3.8, 4) is 0 Å². The van der Waals surface area contributed by atoms with E-state index >= 15 is 4.39 Å². The number of aliphatic hydroxyl groups is 2. The molecule has 114 valence electrons. The molecule has 1 saturated heterocycles. The highest BCUT2D eigenvalue weighted by atomic mass is 19.1. The van der Waals surface area contributed by atoms with Gasteiger partial charge in [0.2, 0.25) is 11.7 Å². The number of fused-ring (bicyclic) bond motifs is 1. The van der Waals surface area contributed by atoms with E-state index in [1.165, 1.54) is 6.92 Å².